The first kappa shape index (κ1) is 13.2. The van der Waals surface area contributed by atoms with Crippen LogP contribution in [0.5, 0.6) is 0 Å². The van der Waals surface area contributed by atoms with E-state index >= 15 is 0 Å². The molecule has 3 rings (SSSR count). The van der Waals surface area contributed by atoms with E-state index in [9.17, 15) is 0 Å². The quantitative estimate of drug-likeness (QED) is 0.571. The van der Waals surface area contributed by atoms with E-state index in [-0.39, 0.29) is 6.04 Å². The highest BCUT2D eigenvalue weighted by Gasteiger charge is 2.15. The van der Waals surface area contributed by atoms with Crippen LogP contribution in [-0.2, 0) is 6.42 Å². The third-order valence-electron chi connectivity index (χ3n) is 3.36. The van der Waals surface area contributed by atoms with E-state index in [1.165, 1.54) is 10.3 Å². The Morgan fingerprint density at radius 3 is 2.90 bits per heavy atom. The van der Waals surface area contributed by atoms with Gasteiger partial charge in [0.1, 0.15) is 0 Å². The first-order chi connectivity index (χ1) is 9.78. The Labute approximate surface area is 121 Å². The van der Waals surface area contributed by atoms with Gasteiger partial charge < -0.3 is 0 Å². The van der Waals surface area contributed by atoms with Gasteiger partial charge in [-0.1, -0.05) is 12.1 Å². The number of nitrogens with zero attached hydrogens (tertiary/aromatic N) is 2. The van der Waals surface area contributed by atoms with Crippen LogP contribution in [-0.4, -0.2) is 9.97 Å². The van der Waals surface area contributed by atoms with E-state index in [2.05, 4.69) is 21.5 Å². The number of hydrazine groups is 1. The molecule has 0 fully saturated rings. The number of benzene rings is 1. The Kier molecular flexibility index (Phi) is 3.73. The predicted octanol–water partition coefficient (Wildman–Crippen LogP) is 2.75. The van der Waals surface area contributed by atoms with E-state index in [0.717, 1.165) is 22.5 Å². The number of para-hydroxylation sites is 1. The van der Waals surface area contributed by atoms with Crippen LogP contribution in [0.15, 0.2) is 42.7 Å². The molecule has 2 heterocycles. The highest BCUT2D eigenvalue weighted by Crippen LogP contribution is 2.26. The monoisotopic (exact) mass is 284 g/mol. The molecule has 0 aliphatic heterocycles. The first-order valence-corrected chi connectivity index (χ1v) is 7.30. The lowest BCUT2D eigenvalue weighted by Crippen LogP contribution is -2.30. The highest BCUT2D eigenvalue weighted by atomic mass is 32.1. The van der Waals surface area contributed by atoms with Crippen LogP contribution in [0.2, 0.25) is 0 Å². The average Bonchev–Trinajstić information content (AvgIpc) is 2.88. The van der Waals surface area contributed by atoms with Crippen molar-refractivity contribution in [2.45, 2.75) is 19.4 Å². The molecular weight excluding hydrogens is 268 g/mol. The van der Waals surface area contributed by atoms with E-state index in [4.69, 9.17) is 5.84 Å². The standard InChI is InChI=1S/C15H16N4S/c1-10-9-17-7-6-11(10)13(19-16)8-15-18-12-4-2-3-5-14(12)20-15/h2-7,9,13,19H,8,16H2,1H3. The minimum Gasteiger partial charge on any atom is -0.271 e. The molecule has 3 aromatic rings. The van der Waals surface area contributed by atoms with E-state index in [1.54, 1.807) is 17.5 Å². The van der Waals surface area contributed by atoms with Crippen molar-refractivity contribution in [1.82, 2.24) is 15.4 Å². The average molecular weight is 284 g/mol. The SMILES string of the molecule is Cc1cnccc1C(Cc1nc2ccccc2s1)NN. The minimum atomic E-state index is 0.0542. The molecule has 3 N–H and O–H groups in total. The maximum Gasteiger partial charge on any atom is 0.0958 e. The molecule has 0 saturated heterocycles. The van der Waals surface area contributed by atoms with Crippen LogP contribution in [0.25, 0.3) is 10.2 Å². The summed E-state index contributed by atoms with van der Waals surface area (Å²) in [6.45, 7) is 2.05. The largest absolute Gasteiger partial charge is 0.271 e. The third kappa shape index (κ3) is 2.56. The second kappa shape index (κ2) is 5.66. The van der Waals surface area contributed by atoms with Crippen molar-refractivity contribution in [3.63, 3.8) is 0 Å². The number of pyridine rings is 1. The Balaban J connectivity index is 1.90. The molecule has 102 valence electrons. The lowest BCUT2D eigenvalue weighted by molar-refractivity contribution is 0.548. The molecule has 0 amide bonds. The molecule has 0 spiro atoms. The summed E-state index contributed by atoms with van der Waals surface area (Å²) in [4.78, 5) is 8.78. The number of thiazole rings is 1. The van der Waals surface area contributed by atoms with E-state index < -0.39 is 0 Å². The van der Waals surface area contributed by atoms with Crippen LogP contribution in [0.3, 0.4) is 0 Å². The van der Waals surface area contributed by atoms with Crippen molar-refractivity contribution in [2.24, 2.45) is 5.84 Å². The van der Waals surface area contributed by atoms with Gasteiger partial charge in [0.05, 0.1) is 21.3 Å². The van der Waals surface area contributed by atoms with Gasteiger partial charge in [-0.2, -0.15) is 0 Å². The Morgan fingerprint density at radius 1 is 1.30 bits per heavy atom. The molecule has 1 unspecified atom stereocenters. The zero-order chi connectivity index (χ0) is 13.9. The molecule has 1 atom stereocenters. The number of nitrogens with one attached hydrogen (secondary N) is 1. The molecule has 0 saturated carbocycles. The number of aryl methyl sites for hydroxylation is 1. The molecule has 20 heavy (non-hydrogen) atoms. The van der Waals surface area contributed by atoms with Crippen LogP contribution >= 0.6 is 11.3 Å². The number of fused-ring (bicyclic) bond motifs is 1. The van der Waals surface area contributed by atoms with Crippen molar-refractivity contribution < 1.29 is 0 Å². The van der Waals surface area contributed by atoms with Gasteiger partial charge in [0.15, 0.2) is 0 Å². The van der Waals surface area contributed by atoms with E-state index in [0.29, 0.717) is 0 Å². The zero-order valence-corrected chi connectivity index (χ0v) is 12.0. The molecule has 1 aromatic carbocycles. The van der Waals surface area contributed by atoms with Gasteiger partial charge in [0.25, 0.3) is 0 Å². The van der Waals surface area contributed by atoms with E-state index in [1.807, 2.05) is 37.4 Å². The van der Waals surface area contributed by atoms with Gasteiger partial charge in [0, 0.05) is 18.8 Å². The van der Waals surface area contributed by atoms with Crippen LogP contribution in [0.1, 0.15) is 22.2 Å². The van der Waals surface area contributed by atoms with Gasteiger partial charge in [-0.3, -0.25) is 16.3 Å². The van der Waals surface area contributed by atoms with Crippen molar-refractivity contribution in [3.8, 4) is 0 Å². The fraction of sp³-hybridized carbons (Fsp3) is 0.200. The summed E-state index contributed by atoms with van der Waals surface area (Å²) in [7, 11) is 0. The molecular formula is C15H16N4S. The second-order valence-corrected chi connectivity index (χ2v) is 5.85. The predicted molar refractivity (Wildman–Crippen MR) is 82.4 cm³/mol. The Bertz CT molecular complexity index is 689. The third-order valence-corrected chi connectivity index (χ3v) is 4.42. The maximum atomic E-state index is 5.72. The van der Waals surface area contributed by atoms with Crippen LogP contribution in [0, 0.1) is 6.92 Å². The smallest absolute Gasteiger partial charge is 0.0958 e. The van der Waals surface area contributed by atoms with Crippen molar-refractivity contribution in [1.29, 1.82) is 0 Å². The number of nitrogens with two attached hydrogens (primary N) is 1. The molecule has 0 bridgehead atoms. The van der Waals surface area contributed by atoms with Crippen LogP contribution in [0.4, 0.5) is 0 Å². The lowest BCUT2D eigenvalue weighted by Gasteiger charge is -2.16. The van der Waals surface area contributed by atoms with Crippen LogP contribution < -0.4 is 11.3 Å². The number of hydrogen-bond acceptors (Lipinski definition) is 5. The number of hydrogen-bond donors (Lipinski definition) is 2. The zero-order valence-electron chi connectivity index (χ0n) is 11.2. The highest BCUT2D eigenvalue weighted by molar-refractivity contribution is 7.18. The first-order valence-electron chi connectivity index (χ1n) is 6.49. The van der Waals surface area contributed by atoms with Gasteiger partial charge in [-0.15, -0.1) is 11.3 Å². The molecule has 2 aromatic heterocycles. The van der Waals surface area contributed by atoms with Gasteiger partial charge >= 0.3 is 0 Å². The molecule has 0 aliphatic carbocycles. The fourth-order valence-electron chi connectivity index (χ4n) is 2.32. The summed E-state index contributed by atoms with van der Waals surface area (Å²) < 4.78 is 1.21. The van der Waals surface area contributed by atoms with Crippen molar-refractivity contribution in [3.05, 3.63) is 58.9 Å². The fourth-order valence-corrected chi connectivity index (χ4v) is 3.33. The molecule has 4 nitrogen and oxygen atoms in total. The summed E-state index contributed by atoms with van der Waals surface area (Å²) in [6, 6.07) is 10.2. The van der Waals surface area contributed by atoms with Gasteiger partial charge in [0.2, 0.25) is 0 Å². The number of aromatic nitrogens is 2. The summed E-state index contributed by atoms with van der Waals surface area (Å²) in [5.41, 5.74) is 6.25. The summed E-state index contributed by atoms with van der Waals surface area (Å²) in [5.74, 6) is 5.72. The van der Waals surface area contributed by atoms with Gasteiger partial charge in [-0.05, 0) is 36.2 Å². The van der Waals surface area contributed by atoms with Gasteiger partial charge in [-0.25, -0.2) is 4.98 Å². The lowest BCUT2D eigenvalue weighted by atomic mass is 10.0. The second-order valence-electron chi connectivity index (χ2n) is 4.73. The molecule has 0 radical (unpaired) electrons. The normalized spacial score (nSPS) is 12.7. The summed E-state index contributed by atoms with van der Waals surface area (Å²) >= 11 is 1.72. The summed E-state index contributed by atoms with van der Waals surface area (Å²) in [6.07, 6.45) is 4.43. The Morgan fingerprint density at radius 2 is 2.15 bits per heavy atom. The summed E-state index contributed by atoms with van der Waals surface area (Å²) in [5, 5.41) is 1.09. The molecule has 0 aliphatic rings. The van der Waals surface area contributed by atoms with Crippen molar-refractivity contribution >= 4 is 21.6 Å². The number of rotatable bonds is 4. The Hall–Kier alpha value is -1.82. The van der Waals surface area contributed by atoms with Crippen molar-refractivity contribution in [2.75, 3.05) is 0 Å². The topological polar surface area (TPSA) is 63.8 Å². The molecule has 5 heteroatoms. The maximum absolute atomic E-state index is 5.72. The minimum absolute atomic E-state index is 0.0542.